The van der Waals surface area contributed by atoms with Gasteiger partial charge in [-0.2, -0.15) is 0 Å². The molecule has 96 valence electrons. The Morgan fingerprint density at radius 2 is 1.56 bits per heavy atom. The second-order valence-electron chi connectivity index (χ2n) is 4.58. The van der Waals surface area contributed by atoms with Crippen LogP contribution in [0.1, 0.15) is 30.4 Å². The van der Waals surface area contributed by atoms with Gasteiger partial charge in [0.15, 0.2) is 0 Å². The van der Waals surface area contributed by atoms with Crippen LogP contribution in [0.3, 0.4) is 0 Å². The van der Waals surface area contributed by atoms with Crippen molar-refractivity contribution in [3.8, 4) is 0 Å². The van der Waals surface area contributed by atoms with E-state index in [0.717, 1.165) is 12.0 Å². The van der Waals surface area contributed by atoms with Gasteiger partial charge in [0.05, 0.1) is 6.54 Å². The lowest BCUT2D eigenvalue weighted by Gasteiger charge is -2.24. The van der Waals surface area contributed by atoms with E-state index in [4.69, 9.17) is 5.73 Å². The molecule has 0 bridgehead atoms. The maximum atomic E-state index is 11.7. The molecule has 0 spiro atoms. The molecule has 1 aliphatic rings. The van der Waals surface area contributed by atoms with Crippen molar-refractivity contribution >= 4 is 11.8 Å². The molecule has 0 aliphatic carbocycles. The Kier molecular flexibility index (Phi) is 4.10. The third kappa shape index (κ3) is 2.96. The van der Waals surface area contributed by atoms with Gasteiger partial charge in [0.25, 0.3) is 0 Å². The molecular formula is C14H18N2O2. The van der Waals surface area contributed by atoms with E-state index in [1.54, 1.807) is 0 Å². The maximum Gasteiger partial charge on any atom is 0.229 e. The fraction of sp³-hybridized carbons (Fsp3) is 0.429. The molecule has 0 aromatic heterocycles. The molecule has 2 rings (SSSR count). The van der Waals surface area contributed by atoms with Gasteiger partial charge in [-0.25, -0.2) is 0 Å². The number of rotatable bonds is 4. The Morgan fingerprint density at radius 1 is 1.00 bits per heavy atom. The van der Waals surface area contributed by atoms with Crippen molar-refractivity contribution in [3.63, 3.8) is 0 Å². The monoisotopic (exact) mass is 246 g/mol. The average molecular weight is 246 g/mol. The van der Waals surface area contributed by atoms with Gasteiger partial charge in [-0.15, -0.1) is 0 Å². The Bertz CT molecular complexity index is 424. The van der Waals surface area contributed by atoms with E-state index < -0.39 is 0 Å². The fourth-order valence-electron chi connectivity index (χ4n) is 2.14. The van der Waals surface area contributed by atoms with Crippen molar-refractivity contribution in [1.29, 1.82) is 0 Å². The van der Waals surface area contributed by atoms with Crippen LogP contribution in [0.2, 0.25) is 0 Å². The molecule has 0 unspecified atom stereocenters. The highest BCUT2D eigenvalue weighted by molar-refractivity contribution is 5.97. The van der Waals surface area contributed by atoms with Crippen LogP contribution in [0.4, 0.5) is 0 Å². The van der Waals surface area contributed by atoms with Gasteiger partial charge in [-0.1, -0.05) is 24.3 Å². The number of piperidine rings is 1. The molecule has 1 heterocycles. The lowest BCUT2D eigenvalue weighted by atomic mass is 10.1. The maximum absolute atomic E-state index is 11.7. The van der Waals surface area contributed by atoms with Crippen LogP contribution in [0.25, 0.3) is 0 Å². The molecule has 1 fully saturated rings. The minimum Gasteiger partial charge on any atom is -0.330 e. The van der Waals surface area contributed by atoms with Gasteiger partial charge < -0.3 is 5.73 Å². The van der Waals surface area contributed by atoms with Crippen LogP contribution in [0.15, 0.2) is 24.3 Å². The van der Waals surface area contributed by atoms with Gasteiger partial charge in [-0.3, -0.25) is 14.5 Å². The summed E-state index contributed by atoms with van der Waals surface area (Å²) in [7, 11) is 0. The Labute approximate surface area is 107 Å². The molecule has 1 saturated heterocycles. The van der Waals surface area contributed by atoms with Gasteiger partial charge in [-0.05, 0) is 30.5 Å². The molecule has 0 saturated carbocycles. The summed E-state index contributed by atoms with van der Waals surface area (Å²) in [5.41, 5.74) is 7.65. The first-order valence-electron chi connectivity index (χ1n) is 6.32. The molecule has 1 aliphatic heterocycles. The number of nitrogens with zero attached hydrogens (tertiary/aromatic N) is 1. The summed E-state index contributed by atoms with van der Waals surface area (Å²) >= 11 is 0. The summed E-state index contributed by atoms with van der Waals surface area (Å²) in [5, 5.41) is 0. The number of hydrogen-bond acceptors (Lipinski definition) is 3. The van der Waals surface area contributed by atoms with Crippen molar-refractivity contribution in [2.45, 2.75) is 32.2 Å². The molecule has 4 nitrogen and oxygen atoms in total. The first kappa shape index (κ1) is 12.8. The molecule has 0 radical (unpaired) electrons. The van der Waals surface area contributed by atoms with Gasteiger partial charge in [0.2, 0.25) is 11.8 Å². The van der Waals surface area contributed by atoms with E-state index >= 15 is 0 Å². The SMILES string of the molecule is NCCc1ccc(CN2C(=O)CCCC2=O)cc1. The number of likely N-dealkylation sites (tertiary alicyclic amines) is 1. The minimum atomic E-state index is -0.0581. The topological polar surface area (TPSA) is 63.4 Å². The Hall–Kier alpha value is -1.68. The van der Waals surface area contributed by atoms with Gasteiger partial charge in [0, 0.05) is 12.8 Å². The van der Waals surface area contributed by atoms with Gasteiger partial charge in [0.1, 0.15) is 0 Å². The van der Waals surface area contributed by atoms with E-state index in [-0.39, 0.29) is 11.8 Å². The van der Waals surface area contributed by atoms with E-state index in [2.05, 4.69) is 0 Å². The van der Waals surface area contributed by atoms with Crippen LogP contribution < -0.4 is 5.73 Å². The number of nitrogens with two attached hydrogens (primary N) is 1. The Balaban J connectivity index is 2.03. The number of carbonyl (C=O) groups is 2. The van der Waals surface area contributed by atoms with Crippen molar-refractivity contribution in [3.05, 3.63) is 35.4 Å². The van der Waals surface area contributed by atoms with E-state index in [1.165, 1.54) is 10.5 Å². The average Bonchev–Trinajstić information content (AvgIpc) is 2.36. The zero-order valence-corrected chi connectivity index (χ0v) is 10.4. The lowest BCUT2D eigenvalue weighted by molar-refractivity contribution is -0.148. The zero-order chi connectivity index (χ0) is 13.0. The van der Waals surface area contributed by atoms with Crippen molar-refractivity contribution in [1.82, 2.24) is 4.90 Å². The molecule has 4 heteroatoms. The summed E-state index contributed by atoms with van der Waals surface area (Å²) in [6.45, 7) is 1.02. The normalized spacial score (nSPS) is 16.2. The van der Waals surface area contributed by atoms with Crippen molar-refractivity contribution in [2.24, 2.45) is 5.73 Å². The lowest BCUT2D eigenvalue weighted by Crippen LogP contribution is -2.39. The quantitative estimate of drug-likeness (QED) is 0.813. The predicted octanol–water partition coefficient (Wildman–Crippen LogP) is 1.23. The fourth-order valence-corrected chi connectivity index (χ4v) is 2.14. The van der Waals surface area contributed by atoms with Crippen LogP contribution in [0, 0.1) is 0 Å². The molecule has 0 atom stereocenters. The molecule has 2 N–H and O–H groups in total. The number of hydrogen-bond donors (Lipinski definition) is 1. The van der Waals surface area contributed by atoms with Crippen molar-refractivity contribution < 1.29 is 9.59 Å². The second kappa shape index (κ2) is 5.78. The minimum absolute atomic E-state index is 0.0581. The van der Waals surface area contributed by atoms with E-state index in [9.17, 15) is 9.59 Å². The molecule has 1 aromatic rings. The highest BCUT2D eigenvalue weighted by atomic mass is 16.2. The molecule has 1 aromatic carbocycles. The zero-order valence-electron chi connectivity index (χ0n) is 10.4. The number of amides is 2. The standard InChI is InChI=1S/C14H18N2O2/c15-9-8-11-4-6-12(7-5-11)10-16-13(17)2-1-3-14(16)18/h4-7H,1-3,8-10,15H2. The number of carbonyl (C=O) groups excluding carboxylic acids is 2. The highest BCUT2D eigenvalue weighted by Crippen LogP contribution is 2.16. The summed E-state index contributed by atoms with van der Waals surface area (Å²) in [5.74, 6) is -0.116. The largest absolute Gasteiger partial charge is 0.330 e. The first-order valence-corrected chi connectivity index (χ1v) is 6.32. The summed E-state index contributed by atoms with van der Waals surface area (Å²) in [6.07, 6.45) is 2.50. The molecule has 18 heavy (non-hydrogen) atoms. The van der Waals surface area contributed by atoms with Crippen molar-refractivity contribution in [2.75, 3.05) is 6.54 Å². The van der Waals surface area contributed by atoms with Crippen LogP contribution in [-0.4, -0.2) is 23.3 Å². The second-order valence-corrected chi connectivity index (χ2v) is 4.58. The van der Waals surface area contributed by atoms with Crippen LogP contribution >= 0.6 is 0 Å². The van der Waals surface area contributed by atoms with E-state index in [0.29, 0.717) is 32.4 Å². The van der Waals surface area contributed by atoms with Crippen LogP contribution in [-0.2, 0) is 22.6 Å². The number of benzene rings is 1. The predicted molar refractivity (Wildman–Crippen MR) is 68.6 cm³/mol. The van der Waals surface area contributed by atoms with Gasteiger partial charge >= 0.3 is 0 Å². The third-order valence-electron chi connectivity index (χ3n) is 3.18. The number of imide groups is 1. The summed E-state index contributed by atoms with van der Waals surface area (Å²) in [4.78, 5) is 24.7. The third-order valence-corrected chi connectivity index (χ3v) is 3.18. The summed E-state index contributed by atoms with van der Waals surface area (Å²) in [6, 6.07) is 7.92. The van der Waals surface area contributed by atoms with Crippen LogP contribution in [0.5, 0.6) is 0 Å². The first-order chi connectivity index (χ1) is 8.70. The summed E-state index contributed by atoms with van der Waals surface area (Å²) < 4.78 is 0. The molecule has 2 amide bonds. The Morgan fingerprint density at radius 3 is 2.11 bits per heavy atom. The molecular weight excluding hydrogens is 228 g/mol. The smallest absolute Gasteiger partial charge is 0.229 e. The van der Waals surface area contributed by atoms with E-state index in [1.807, 2.05) is 24.3 Å². The highest BCUT2D eigenvalue weighted by Gasteiger charge is 2.25.